The van der Waals surface area contributed by atoms with Crippen molar-refractivity contribution in [2.75, 3.05) is 0 Å². The van der Waals surface area contributed by atoms with Crippen LogP contribution in [-0.2, 0) is 5.41 Å². The van der Waals surface area contributed by atoms with Gasteiger partial charge in [-0.25, -0.2) is 9.98 Å². The standard InChI is InChI=1S/C49H26N2O3/c1-2-10-26(11-3-1)46-45-34-23-32-29-13-5-7-17-36(29)53-40(32)24-41-48(34,45)25-42-49(41,27-20-21-37-31(22-27)28-12-4-6-16-35(28)52-37)33-15-9-19-39-44(33)43-30(47(50-42)51-46)14-8-18-38(43)54-39/h1-25,45H/b50-47-,51-46-. The minimum atomic E-state index is -0.836. The molecule has 0 saturated heterocycles. The largest absolute Gasteiger partial charge is 0.456 e. The lowest BCUT2D eigenvalue weighted by Gasteiger charge is -2.37. The fourth-order valence-electron chi connectivity index (χ4n) is 10.6. The van der Waals surface area contributed by atoms with E-state index in [1.807, 2.05) is 18.2 Å². The van der Waals surface area contributed by atoms with Crippen molar-refractivity contribution >= 4 is 78.5 Å². The van der Waals surface area contributed by atoms with E-state index >= 15 is 0 Å². The summed E-state index contributed by atoms with van der Waals surface area (Å²) in [5, 5.41) is 5.40. The highest BCUT2D eigenvalue weighted by molar-refractivity contribution is 6.26. The number of para-hydroxylation sites is 2. The molecule has 5 nitrogen and oxygen atoms in total. The van der Waals surface area contributed by atoms with Crippen molar-refractivity contribution in [1.82, 2.24) is 0 Å². The van der Waals surface area contributed by atoms with Gasteiger partial charge in [0.05, 0.1) is 16.8 Å². The first-order valence-electron chi connectivity index (χ1n) is 18.5. The molecule has 9 aromatic rings. The Balaban J connectivity index is 1.22. The van der Waals surface area contributed by atoms with Gasteiger partial charge in [0.2, 0.25) is 0 Å². The molecule has 5 aliphatic rings. The molecular weight excluding hydrogens is 665 g/mol. The van der Waals surface area contributed by atoms with Crippen LogP contribution < -0.4 is 0 Å². The lowest BCUT2D eigenvalue weighted by Crippen LogP contribution is -2.32. The Morgan fingerprint density at radius 1 is 0.556 bits per heavy atom. The zero-order chi connectivity index (χ0) is 34.9. The van der Waals surface area contributed by atoms with Crippen LogP contribution in [0.25, 0.3) is 67.0 Å². The van der Waals surface area contributed by atoms with Gasteiger partial charge in [-0.1, -0.05) is 97.1 Å². The molecule has 3 aliphatic carbocycles. The van der Waals surface area contributed by atoms with E-state index in [1.165, 1.54) is 11.1 Å². The minimum absolute atomic E-state index is 0.00983. The third-order valence-corrected chi connectivity index (χ3v) is 12.8. The van der Waals surface area contributed by atoms with Gasteiger partial charge < -0.3 is 13.3 Å². The molecule has 6 aromatic carbocycles. The van der Waals surface area contributed by atoms with Gasteiger partial charge in [-0.15, -0.1) is 0 Å². The second-order valence-corrected chi connectivity index (χ2v) is 15.2. The molecule has 14 rings (SSSR count). The Labute approximate surface area is 307 Å². The van der Waals surface area contributed by atoms with E-state index in [2.05, 4.69) is 133 Å². The van der Waals surface area contributed by atoms with E-state index in [1.54, 1.807) is 0 Å². The lowest BCUT2D eigenvalue weighted by molar-refractivity contribution is 0.596. The van der Waals surface area contributed by atoms with Crippen molar-refractivity contribution in [3.05, 3.63) is 190 Å². The maximum absolute atomic E-state index is 6.80. The molecule has 1 fully saturated rings. The third kappa shape index (κ3) is 3.05. The normalized spacial score (nSPS) is 24.9. The summed E-state index contributed by atoms with van der Waals surface area (Å²) in [6.07, 6.45) is 7.22. The molecule has 5 heteroatoms. The Morgan fingerprint density at radius 3 is 2.17 bits per heavy atom. The van der Waals surface area contributed by atoms with Gasteiger partial charge in [-0.05, 0) is 82.5 Å². The van der Waals surface area contributed by atoms with Crippen molar-refractivity contribution in [2.45, 2.75) is 5.41 Å². The highest BCUT2D eigenvalue weighted by Crippen LogP contribution is 2.77. The van der Waals surface area contributed by atoms with Crippen LogP contribution >= 0.6 is 0 Å². The van der Waals surface area contributed by atoms with Gasteiger partial charge in [0.25, 0.3) is 0 Å². The Kier molecular flexibility index (Phi) is 4.68. The molecule has 3 bridgehead atoms. The SMILES string of the molecule is C1=C2/N=C3\N=C(\c4ccccc4)C4C5=Cc6c(oc7ccccc67)C=C(C2(c2ccc6oc7ccccc7c6c2)c2cccc6oc7cccc3c7c26)C154. The lowest BCUT2D eigenvalue weighted by atomic mass is 9.65. The van der Waals surface area contributed by atoms with Crippen LogP contribution in [0.5, 0.6) is 0 Å². The number of amidine groups is 1. The molecule has 3 unspecified atom stereocenters. The van der Waals surface area contributed by atoms with Gasteiger partial charge in [0, 0.05) is 49.4 Å². The summed E-state index contributed by atoms with van der Waals surface area (Å²) in [7, 11) is 0. The fraction of sp³-hybridized carbons (Fsp3) is 0.0612. The molecule has 1 saturated carbocycles. The number of benzene rings is 6. The highest BCUT2D eigenvalue weighted by Gasteiger charge is 2.72. The highest BCUT2D eigenvalue weighted by atomic mass is 16.3. The van der Waals surface area contributed by atoms with Crippen LogP contribution in [0.15, 0.2) is 180 Å². The smallest absolute Gasteiger partial charge is 0.160 e. The van der Waals surface area contributed by atoms with Crippen LogP contribution in [0.3, 0.4) is 0 Å². The summed E-state index contributed by atoms with van der Waals surface area (Å²) in [6.45, 7) is 0. The topological polar surface area (TPSA) is 64.1 Å². The summed E-state index contributed by atoms with van der Waals surface area (Å²) in [5.74, 6) is 1.55. The number of fused-ring (bicyclic) bond motifs is 10. The summed E-state index contributed by atoms with van der Waals surface area (Å²) in [5.41, 5.74) is 12.9. The van der Waals surface area contributed by atoms with Crippen LogP contribution in [-0.4, -0.2) is 11.5 Å². The second-order valence-electron chi connectivity index (χ2n) is 15.2. The van der Waals surface area contributed by atoms with E-state index in [0.717, 1.165) is 99.8 Å². The Hall–Kier alpha value is -6.98. The van der Waals surface area contributed by atoms with E-state index in [-0.39, 0.29) is 5.92 Å². The summed E-state index contributed by atoms with van der Waals surface area (Å²) in [4.78, 5) is 11.4. The quantitative estimate of drug-likeness (QED) is 0.181. The molecule has 0 N–H and O–H groups in total. The summed E-state index contributed by atoms with van der Waals surface area (Å²) in [6, 6.07) is 46.9. The molecular formula is C49H26N2O3. The molecule has 54 heavy (non-hydrogen) atoms. The van der Waals surface area contributed by atoms with Crippen molar-refractivity contribution in [3.63, 3.8) is 0 Å². The minimum Gasteiger partial charge on any atom is -0.456 e. The van der Waals surface area contributed by atoms with Crippen molar-refractivity contribution in [1.29, 1.82) is 0 Å². The third-order valence-electron chi connectivity index (χ3n) is 12.8. The molecule has 2 aliphatic heterocycles. The van der Waals surface area contributed by atoms with Crippen LogP contribution in [0.1, 0.15) is 33.6 Å². The van der Waals surface area contributed by atoms with E-state index in [0.29, 0.717) is 5.84 Å². The maximum atomic E-state index is 6.80. The van der Waals surface area contributed by atoms with Gasteiger partial charge in [-0.3, -0.25) is 0 Å². The molecule has 5 heterocycles. The predicted molar refractivity (Wildman–Crippen MR) is 214 cm³/mol. The molecule has 3 aromatic heterocycles. The Bertz CT molecular complexity index is 3400. The summed E-state index contributed by atoms with van der Waals surface area (Å²) >= 11 is 0. The number of hydrogen-bond donors (Lipinski definition) is 0. The van der Waals surface area contributed by atoms with E-state index in [9.17, 15) is 0 Å². The van der Waals surface area contributed by atoms with Crippen LogP contribution in [0.2, 0.25) is 0 Å². The van der Waals surface area contributed by atoms with Crippen LogP contribution in [0, 0.1) is 11.3 Å². The molecule has 1 spiro atoms. The average Bonchev–Trinajstić information content (AvgIpc) is 3.58. The monoisotopic (exact) mass is 690 g/mol. The summed E-state index contributed by atoms with van der Waals surface area (Å²) < 4.78 is 19.9. The number of nitrogens with zero attached hydrogens (tertiary/aromatic N) is 2. The first-order chi connectivity index (χ1) is 26.7. The van der Waals surface area contributed by atoms with E-state index in [4.69, 9.17) is 23.2 Å². The van der Waals surface area contributed by atoms with Crippen molar-refractivity contribution in [2.24, 2.45) is 21.3 Å². The number of furan rings is 3. The average molecular weight is 691 g/mol. The molecule has 3 atom stereocenters. The number of hydrogen-bond acceptors (Lipinski definition) is 5. The maximum Gasteiger partial charge on any atom is 0.160 e. The molecule has 0 radical (unpaired) electrons. The predicted octanol–water partition coefficient (Wildman–Crippen LogP) is 11.8. The zero-order valence-electron chi connectivity index (χ0n) is 28.6. The number of rotatable bonds is 2. The Morgan fingerprint density at radius 2 is 1.28 bits per heavy atom. The van der Waals surface area contributed by atoms with E-state index < -0.39 is 10.8 Å². The molecule has 250 valence electrons. The fourth-order valence-corrected chi connectivity index (χ4v) is 10.6. The van der Waals surface area contributed by atoms with Gasteiger partial charge >= 0.3 is 0 Å². The van der Waals surface area contributed by atoms with Crippen LogP contribution in [0.4, 0.5) is 0 Å². The number of aliphatic imine (C=N–C) groups is 2. The van der Waals surface area contributed by atoms with Gasteiger partial charge in [0.15, 0.2) is 5.84 Å². The molecule has 0 amide bonds. The van der Waals surface area contributed by atoms with Gasteiger partial charge in [0.1, 0.15) is 33.7 Å². The van der Waals surface area contributed by atoms with Gasteiger partial charge in [-0.2, -0.15) is 0 Å². The van der Waals surface area contributed by atoms with Crippen molar-refractivity contribution in [3.8, 4) is 0 Å². The van der Waals surface area contributed by atoms with Crippen molar-refractivity contribution < 1.29 is 13.3 Å². The zero-order valence-corrected chi connectivity index (χ0v) is 28.6. The first-order valence-corrected chi connectivity index (χ1v) is 18.5. The first kappa shape index (κ1) is 27.6. The number of allylic oxidation sites excluding steroid dienone is 3. The second kappa shape index (κ2) is 9.14.